The SMILES string of the molecule is CCOC(=O)c1c(-c2ccc(Br)cc2)csc1NC(=O)c1sc2ccc(OC)cc2c1Cl. The second kappa shape index (κ2) is 9.62. The third-order valence-corrected chi connectivity index (χ3v) is 7.79. The van der Waals surface area contributed by atoms with Gasteiger partial charge in [0, 0.05) is 25.5 Å². The number of halogens is 2. The van der Waals surface area contributed by atoms with Gasteiger partial charge in [-0.2, -0.15) is 0 Å². The summed E-state index contributed by atoms with van der Waals surface area (Å²) in [6.07, 6.45) is 0. The van der Waals surface area contributed by atoms with Gasteiger partial charge in [0.25, 0.3) is 5.91 Å². The van der Waals surface area contributed by atoms with Crippen molar-refractivity contribution in [1.82, 2.24) is 0 Å². The molecular formula is C23H17BrClNO4S2. The first-order valence-corrected chi connectivity index (χ1v) is 12.4. The number of ether oxygens (including phenoxy) is 2. The molecule has 2 aromatic heterocycles. The smallest absolute Gasteiger partial charge is 0.341 e. The lowest BCUT2D eigenvalue weighted by Gasteiger charge is -2.08. The molecule has 4 aromatic rings. The van der Waals surface area contributed by atoms with Gasteiger partial charge in [-0.3, -0.25) is 4.79 Å². The van der Waals surface area contributed by atoms with Crippen LogP contribution in [-0.4, -0.2) is 25.6 Å². The topological polar surface area (TPSA) is 64.6 Å². The summed E-state index contributed by atoms with van der Waals surface area (Å²) in [6.45, 7) is 1.97. The van der Waals surface area contributed by atoms with Gasteiger partial charge in [-0.05, 0) is 42.8 Å². The molecule has 2 aromatic carbocycles. The number of thiophene rings is 2. The molecule has 9 heteroatoms. The first kappa shape index (κ1) is 22.8. The molecule has 0 saturated heterocycles. The van der Waals surface area contributed by atoms with Gasteiger partial charge in [0.05, 0.1) is 18.7 Å². The molecule has 32 heavy (non-hydrogen) atoms. The Bertz CT molecular complexity index is 1310. The van der Waals surface area contributed by atoms with Gasteiger partial charge < -0.3 is 14.8 Å². The van der Waals surface area contributed by atoms with Gasteiger partial charge in [0.15, 0.2) is 0 Å². The van der Waals surface area contributed by atoms with Crippen LogP contribution in [0.3, 0.4) is 0 Å². The first-order valence-electron chi connectivity index (χ1n) is 9.54. The monoisotopic (exact) mass is 549 g/mol. The molecule has 1 N–H and O–H groups in total. The molecule has 4 rings (SSSR count). The predicted octanol–water partition coefficient (Wildman–Crippen LogP) is 7.48. The highest BCUT2D eigenvalue weighted by atomic mass is 79.9. The number of esters is 1. The quantitative estimate of drug-likeness (QED) is 0.253. The number of carbonyl (C=O) groups excluding carboxylic acids is 2. The minimum absolute atomic E-state index is 0.228. The standard InChI is InChI=1S/C23H17BrClNO4S2/c1-3-30-23(28)18-16(12-4-6-13(24)7-5-12)11-31-22(18)26-21(27)20-19(25)15-10-14(29-2)8-9-17(15)32-20/h4-11H,3H2,1-2H3,(H,26,27). The van der Waals surface area contributed by atoms with E-state index < -0.39 is 5.97 Å². The molecule has 1 amide bonds. The van der Waals surface area contributed by atoms with Crippen LogP contribution < -0.4 is 10.1 Å². The minimum atomic E-state index is -0.492. The van der Waals surface area contributed by atoms with Gasteiger partial charge in [0.2, 0.25) is 0 Å². The van der Waals surface area contributed by atoms with E-state index in [2.05, 4.69) is 21.2 Å². The van der Waals surface area contributed by atoms with E-state index in [0.29, 0.717) is 31.8 Å². The van der Waals surface area contributed by atoms with E-state index in [9.17, 15) is 9.59 Å². The van der Waals surface area contributed by atoms with Crippen LogP contribution in [0.2, 0.25) is 5.02 Å². The lowest BCUT2D eigenvalue weighted by atomic mass is 10.0. The third-order valence-electron chi connectivity index (χ3n) is 4.69. The number of rotatable bonds is 6. The van der Waals surface area contributed by atoms with Gasteiger partial charge in [-0.1, -0.05) is 39.7 Å². The Morgan fingerprint density at radius 2 is 1.91 bits per heavy atom. The maximum absolute atomic E-state index is 13.1. The summed E-state index contributed by atoms with van der Waals surface area (Å²) in [4.78, 5) is 26.2. The lowest BCUT2D eigenvalue weighted by molar-refractivity contribution is 0.0529. The second-order valence-corrected chi connectivity index (χ2v) is 9.87. The lowest BCUT2D eigenvalue weighted by Crippen LogP contribution is -2.14. The number of carbonyl (C=O) groups is 2. The Hall–Kier alpha value is -2.39. The van der Waals surface area contributed by atoms with E-state index in [0.717, 1.165) is 20.1 Å². The molecule has 0 aliphatic rings. The van der Waals surface area contributed by atoms with E-state index in [1.54, 1.807) is 20.1 Å². The molecule has 5 nitrogen and oxygen atoms in total. The van der Waals surface area contributed by atoms with Crippen molar-refractivity contribution < 1.29 is 19.1 Å². The molecular weight excluding hydrogens is 534 g/mol. The molecule has 0 radical (unpaired) electrons. The van der Waals surface area contributed by atoms with Crippen molar-refractivity contribution in [1.29, 1.82) is 0 Å². The highest BCUT2D eigenvalue weighted by Crippen LogP contribution is 2.40. The summed E-state index contributed by atoms with van der Waals surface area (Å²) in [5, 5.41) is 6.21. The van der Waals surface area contributed by atoms with Gasteiger partial charge in [0.1, 0.15) is 21.2 Å². The molecule has 0 saturated carbocycles. The van der Waals surface area contributed by atoms with E-state index in [1.165, 1.54) is 22.7 Å². The Morgan fingerprint density at radius 3 is 2.59 bits per heavy atom. The number of hydrogen-bond donors (Lipinski definition) is 1. The van der Waals surface area contributed by atoms with Crippen LogP contribution >= 0.6 is 50.2 Å². The zero-order valence-electron chi connectivity index (χ0n) is 17.0. The Balaban J connectivity index is 1.72. The molecule has 2 heterocycles. The predicted molar refractivity (Wildman–Crippen MR) is 135 cm³/mol. The Kier molecular flexibility index (Phi) is 6.85. The number of anilines is 1. The average Bonchev–Trinajstić information content (AvgIpc) is 3.35. The maximum Gasteiger partial charge on any atom is 0.341 e. The molecule has 0 aliphatic heterocycles. The summed E-state index contributed by atoms with van der Waals surface area (Å²) in [6, 6.07) is 13.1. The van der Waals surface area contributed by atoms with Crippen molar-refractivity contribution in [2.75, 3.05) is 19.0 Å². The fourth-order valence-electron chi connectivity index (χ4n) is 3.18. The minimum Gasteiger partial charge on any atom is -0.497 e. The number of hydrogen-bond acceptors (Lipinski definition) is 6. The summed E-state index contributed by atoms with van der Waals surface area (Å²) in [5.74, 6) is -0.217. The van der Waals surface area contributed by atoms with Crippen LogP contribution in [0.4, 0.5) is 5.00 Å². The van der Waals surface area contributed by atoms with Crippen molar-refractivity contribution in [3.05, 3.63) is 67.8 Å². The van der Waals surface area contributed by atoms with Crippen LogP contribution in [0.5, 0.6) is 5.75 Å². The van der Waals surface area contributed by atoms with Gasteiger partial charge in [-0.15, -0.1) is 22.7 Å². The zero-order valence-corrected chi connectivity index (χ0v) is 21.0. The first-order chi connectivity index (χ1) is 15.4. The van der Waals surface area contributed by atoms with Crippen LogP contribution in [0.25, 0.3) is 21.2 Å². The summed E-state index contributed by atoms with van der Waals surface area (Å²) in [5.41, 5.74) is 1.87. The summed E-state index contributed by atoms with van der Waals surface area (Å²) < 4.78 is 12.3. The number of benzene rings is 2. The third kappa shape index (κ3) is 4.41. The summed E-state index contributed by atoms with van der Waals surface area (Å²) in [7, 11) is 1.58. The second-order valence-electron chi connectivity index (χ2n) is 6.64. The van der Waals surface area contributed by atoms with Crippen molar-refractivity contribution in [2.45, 2.75) is 6.92 Å². The maximum atomic E-state index is 13.1. The molecule has 0 fully saturated rings. The van der Waals surface area contributed by atoms with E-state index >= 15 is 0 Å². The Morgan fingerprint density at radius 1 is 1.16 bits per heavy atom. The van der Waals surface area contributed by atoms with Crippen LogP contribution in [0.1, 0.15) is 27.0 Å². The largest absolute Gasteiger partial charge is 0.497 e. The van der Waals surface area contributed by atoms with E-state index in [1.807, 2.05) is 41.8 Å². The van der Waals surface area contributed by atoms with Crippen molar-refractivity contribution in [3.63, 3.8) is 0 Å². The van der Waals surface area contributed by atoms with Crippen LogP contribution in [0, 0.1) is 0 Å². The van der Waals surface area contributed by atoms with E-state index in [-0.39, 0.29) is 12.5 Å². The summed E-state index contributed by atoms with van der Waals surface area (Å²) >= 11 is 12.5. The van der Waals surface area contributed by atoms with Gasteiger partial charge >= 0.3 is 5.97 Å². The number of amides is 1. The fourth-order valence-corrected chi connectivity index (χ4v) is 5.78. The molecule has 0 atom stereocenters. The average molecular weight is 551 g/mol. The molecule has 0 aliphatic carbocycles. The molecule has 164 valence electrons. The Labute approximate surface area is 206 Å². The van der Waals surface area contributed by atoms with Crippen molar-refractivity contribution in [2.24, 2.45) is 0 Å². The number of nitrogens with one attached hydrogen (secondary N) is 1. The number of fused-ring (bicyclic) bond motifs is 1. The van der Waals surface area contributed by atoms with Crippen molar-refractivity contribution in [3.8, 4) is 16.9 Å². The molecule has 0 bridgehead atoms. The van der Waals surface area contributed by atoms with Crippen LogP contribution in [-0.2, 0) is 4.74 Å². The van der Waals surface area contributed by atoms with Crippen molar-refractivity contribution >= 4 is 77.2 Å². The molecule has 0 spiro atoms. The number of methoxy groups -OCH3 is 1. The normalized spacial score (nSPS) is 10.9. The highest BCUT2D eigenvalue weighted by molar-refractivity contribution is 9.10. The van der Waals surface area contributed by atoms with E-state index in [4.69, 9.17) is 21.1 Å². The molecule has 0 unspecified atom stereocenters. The van der Waals surface area contributed by atoms with Gasteiger partial charge in [-0.25, -0.2) is 4.79 Å². The zero-order chi connectivity index (χ0) is 22.8. The van der Waals surface area contributed by atoms with Crippen LogP contribution in [0.15, 0.2) is 52.3 Å². The highest BCUT2D eigenvalue weighted by Gasteiger charge is 2.25. The fraction of sp³-hybridized carbons (Fsp3) is 0.130.